The molecule has 1 atom stereocenters. The van der Waals surface area contributed by atoms with E-state index in [1.807, 2.05) is 0 Å². The Morgan fingerprint density at radius 2 is 1.72 bits per heavy atom. The van der Waals surface area contributed by atoms with Gasteiger partial charge in [0, 0.05) is 25.3 Å². The summed E-state index contributed by atoms with van der Waals surface area (Å²) < 4.78 is 33.9. The lowest BCUT2D eigenvalue weighted by atomic mass is 10.1. The molecule has 2 N–H and O–H groups in total. The summed E-state index contributed by atoms with van der Waals surface area (Å²) >= 11 is 0. The number of alkyl carbamates (subject to hydrolysis) is 1. The fourth-order valence-corrected chi connectivity index (χ4v) is 3.60. The minimum atomic E-state index is -1.14. The highest BCUT2D eigenvalue weighted by molar-refractivity contribution is 5.92. The third-order valence-corrected chi connectivity index (χ3v) is 5.68. The second kappa shape index (κ2) is 16.0. The molecular formula is C27H31FN4O7. The van der Waals surface area contributed by atoms with E-state index in [2.05, 4.69) is 15.5 Å². The van der Waals surface area contributed by atoms with Crippen molar-refractivity contribution >= 4 is 23.7 Å². The predicted molar refractivity (Wildman–Crippen MR) is 137 cm³/mol. The molecule has 0 spiro atoms. The van der Waals surface area contributed by atoms with Crippen LogP contribution in [-0.2, 0) is 41.6 Å². The lowest BCUT2D eigenvalue weighted by molar-refractivity contribution is -0.146. The van der Waals surface area contributed by atoms with Gasteiger partial charge in [0.2, 0.25) is 5.91 Å². The van der Waals surface area contributed by atoms with Crippen molar-refractivity contribution in [2.24, 2.45) is 0 Å². The number of hydrogen-bond acceptors (Lipinski definition) is 9. The molecule has 1 saturated heterocycles. The lowest BCUT2D eigenvalue weighted by Crippen LogP contribution is -2.46. The van der Waals surface area contributed by atoms with E-state index in [0.717, 1.165) is 13.1 Å². The van der Waals surface area contributed by atoms with Crippen LogP contribution in [0.15, 0.2) is 48.5 Å². The molecule has 2 aromatic rings. The van der Waals surface area contributed by atoms with Crippen LogP contribution in [0.2, 0.25) is 0 Å². The smallest absolute Gasteiger partial charge is 0.408 e. The van der Waals surface area contributed by atoms with Crippen LogP contribution in [0.25, 0.3) is 0 Å². The van der Waals surface area contributed by atoms with Crippen LogP contribution >= 0.6 is 0 Å². The first-order valence-electron chi connectivity index (χ1n) is 12.4. The second-order valence-electron chi connectivity index (χ2n) is 8.62. The quantitative estimate of drug-likeness (QED) is 0.287. The van der Waals surface area contributed by atoms with E-state index in [1.165, 1.54) is 12.1 Å². The maximum absolute atomic E-state index is 13.0. The number of carbonyl (C=O) groups excluding carboxylic acids is 3. The molecule has 39 heavy (non-hydrogen) atoms. The highest BCUT2D eigenvalue weighted by atomic mass is 19.1. The molecule has 0 saturated carbocycles. The highest BCUT2D eigenvalue weighted by Gasteiger charge is 2.24. The Balaban J connectivity index is 1.42. The van der Waals surface area contributed by atoms with Crippen molar-refractivity contribution in [2.45, 2.75) is 19.1 Å². The standard InChI is InChI=1S/C27H31FN4O7/c28-22-5-1-20(2-6-22)17-25(33)30-23-7-3-21(4-8-23)18-39-27(35)31-24(26(34)38-13-9-29)19-37-16-12-32-10-14-36-15-11-32/h1-8,24H,10-19H2,(H,30,33)(H,31,35). The van der Waals surface area contributed by atoms with Crippen LogP contribution < -0.4 is 10.6 Å². The van der Waals surface area contributed by atoms with Gasteiger partial charge < -0.3 is 29.6 Å². The number of carbonyl (C=O) groups is 3. The molecule has 2 amide bonds. The maximum Gasteiger partial charge on any atom is 0.408 e. The normalized spacial score (nSPS) is 14.1. The maximum atomic E-state index is 13.0. The number of hydrogen-bond donors (Lipinski definition) is 2. The topological polar surface area (TPSA) is 139 Å². The van der Waals surface area contributed by atoms with Gasteiger partial charge in [-0.05, 0) is 35.4 Å². The SMILES string of the molecule is N#CCOC(=O)C(COCCN1CCOCC1)NC(=O)OCc1ccc(NC(=O)Cc2ccc(F)cc2)cc1. The van der Waals surface area contributed by atoms with Crippen molar-refractivity contribution in [1.29, 1.82) is 5.26 Å². The molecule has 0 bridgehead atoms. The van der Waals surface area contributed by atoms with E-state index in [9.17, 15) is 18.8 Å². The number of esters is 1. The second-order valence-corrected chi connectivity index (χ2v) is 8.62. The van der Waals surface area contributed by atoms with Gasteiger partial charge in [-0.1, -0.05) is 24.3 Å². The Labute approximate surface area is 225 Å². The molecule has 11 nitrogen and oxygen atoms in total. The third-order valence-electron chi connectivity index (χ3n) is 5.68. The molecule has 12 heteroatoms. The number of amides is 2. The molecule has 208 valence electrons. The highest BCUT2D eigenvalue weighted by Crippen LogP contribution is 2.12. The minimum absolute atomic E-state index is 0.0898. The Morgan fingerprint density at radius 1 is 1.03 bits per heavy atom. The van der Waals surface area contributed by atoms with Crippen molar-refractivity contribution in [3.63, 3.8) is 0 Å². The van der Waals surface area contributed by atoms with Gasteiger partial charge in [0.1, 0.15) is 18.5 Å². The van der Waals surface area contributed by atoms with Crippen molar-refractivity contribution in [3.05, 3.63) is 65.5 Å². The van der Waals surface area contributed by atoms with Crippen LogP contribution in [0.3, 0.4) is 0 Å². The fourth-order valence-electron chi connectivity index (χ4n) is 3.60. The van der Waals surface area contributed by atoms with E-state index in [1.54, 1.807) is 42.5 Å². The zero-order chi connectivity index (χ0) is 27.9. The number of benzene rings is 2. The van der Waals surface area contributed by atoms with Crippen LogP contribution in [0.5, 0.6) is 0 Å². The van der Waals surface area contributed by atoms with Crippen molar-refractivity contribution in [3.8, 4) is 6.07 Å². The summed E-state index contributed by atoms with van der Waals surface area (Å²) in [4.78, 5) is 39.0. The molecular weight excluding hydrogens is 511 g/mol. The van der Waals surface area contributed by atoms with Crippen LogP contribution in [0, 0.1) is 17.1 Å². The van der Waals surface area contributed by atoms with Crippen LogP contribution in [0.4, 0.5) is 14.9 Å². The van der Waals surface area contributed by atoms with E-state index in [0.29, 0.717) is 43.2 Å². The zero-order valence-electron chi connectivity index (χ0n) is 21.4. The summed E-state index contributed by atoms with van der Waals surface area (Å²) in [5.74, 6) is -1.43. The molecule has 1 aliphatic rings. The summed E-state index contributed by atoms with van der Waals surface area (Å²) in [7, 11) is 0. The molecule has 2 aromatic carbocycles. The van der Waals surface area contributed by atoms with E-state index in [4.69, 9.17) is 24.2 Å². The Kier molecular flexibility index (Phi) is 12.1. The van der Waals surface area contributed by atoms with Gasteiger partial charge in [-0.3, -0.25) is 9.69 Å². The Hall–Kier alpha value is -4.05. The molecule has 3 rings (SSSR count). The third kappa shape index (κ3) is 11.1. The van der Waals surface area contributed by atoms with Crippen LogP contribution in [0.1, 0.15) is 11.1 Å². The molecule has 1 unspecified atom stereocenters. The molecule has 0 aliphatic carbocycles. The van der Waals surface area contributed by atoms with Gasteiger partial charge in [-0.15, -0.1) is 0 Å². The van der Waals surface area contributed by atoms with Gasteiger partial charge >= 0.3 is 12.1 Å². The van der Waals surface area contributed by atoms with Crippen molar-refractivity contribution in [2.75, 3.05) is 58.0 Å². The number of halogens is 1. The number of ether oxygens (including phenoxy) is 4. The molecule has 0 radical (unpaired) electrons. The van der Waals surface area contributed by atoms with E-state index >= 15 is 0 Å². The summed E-state index contributed by atoms with van der Waals surface area (Å²) in [5, 5.41) is 13.8. The molecule has 1 fully saturated rings. The first kappa shape index (κ1) is 29.5. The van der Waals surface area contributed by atoms with E-state index < -0.39 is 24.7 Å². The average Bonchev–Trinajstić information content (AvgIpc) is 2.94. The van der Waals surface area contributed by atoms with Crippen molar-refractivity contribution < 1.29 is 37.7 Å². The van der Waals surface area contributed by atoms with Gasteiger partial charge in [0.25, 0.3) is 0 Å². The van der Waals surface area contributed by atoms with Crippen molar-refractivity contribution in [1.82, 2.24) is 10.2 Å². The summed E-state index contributed by atoms with van der Waals surface area (Å²) in [6.45, 7) is 3.21. The summed E-state index contributed by atoms with van der Waals surface area (Å²) in [5.41, 5.74) is 1.87. The lowest BCUT2D eigenvalue weighted by Gasteiger charge is -2.26. The largest absolute Gasteiger partial charge is 0.449 e. The first-order valence-corrected chi connectivity index (χ1v) is 12.4. The first-order chi connectivity index (χ1) is 18.9. The van der Waals surface area contributed by atoms with Gasteiger partial charge in [0.05, 0.1) is 32.8 Å². The zero-order valence-corrected chi connectivity index (χ0v) is 21.4. The van der Waals surface area contributed by atoms with Gasteiger partial charge in [-0.25, -0.2) is 14.0 Å². The minimum Gasteiger partial charge on any atom is -0.449 e. The van der Waals surface area contributed by atoms with Gasteiger partial charge in [-0.2, -0.15) is 5.26 Å². The predicted octanol–water partition coefficient (Wildman–Crippen LogP) is 2.02. The molecule has 1 heterocycles. The average molecular weight is 543 g/mol. The number of nitrogens with one attached hydrogen (secondary N) is 2. The number of anilines is 1. The van der Waals surface area contributed by atoms with Gasteiger partial charge in [0.15, 0.2) is 12.6 Å². The summed E-state index contributed by atoms with van der Waals surface area (Å²) in [6, 6.07) is 12.9. The number of nitriles is 1. The Morgan fingerprint density at radius 3 is 2.41 bits per heavy atom. The number of rotatable bonds is 13. The molecule has 1 aliphatic heterocycles. The monoisotopic (exact) mass is 542 g/mol. The fraction of sp³-hybridized carbons (Fsp3) is 0.407. The number of morpholine rings is 1. The Bertz CT molecular complexity index is 1120. The van der Waals surface area contributed by atoms with E-state index in [-0.39, 0.29) is 31.4 Å². The number of nitrogens with zero attached hydrogens (tertiary/aromatic N) is 2. The summed E-state index contributed by atoms with van der Waals surface area (Å²) in [6.07, 6.45) is -0.761. The van der Waals surface area contributed by atoms with Crippen LogP contribution in [-0.4, -0.2) is 81.6 Å². The molecule has 0 aromatic heterocycles.